The van der Waals surface area contributed by atoms with Crippen molar-refractivity contribution in [2.75, 3.05) is 0 Å². The molecule has 1 rings (SSSR count). The quantitative estimate of drug-likeness (QED) is 0.455. The molecule has 46 valence electrons. The molecule has 0 aromatic carbocycles. The lowest BCUT2D eigenvalue weighted by Gasteiger charge is -1.89. The molecule has 0 bridgehead atoms. The number of hydrogen-bond acceptors (Lipinski definition) is 0. The fourth-order valence-corrected chi connectivity index (χ4v) is 0.719. The van der Waals surface area contributed by atoms with Crippen LogP contribution in [0.1, 0.15) is 12.6 Å². The average Bonchev–Trinajstić information content (AvgIpc) is 2.18. The number of nitrogens with zero attached hydrogens (tertiary/aromatic N) is 1. The number of aromatic nitrogens is 1. The second-order valence-corrected chi connectivity index (χ2v) is 1.88. The van der Waals surface area contributed by atoms with Crippen molar-refractivity contribution in [2.24, 2.45) is 7.05 Å². The summed E-state index contributed by atoms with van der Waals surface area (Å²) in [6, 6.07) is 3.98. The van der Waals surface area contributed by atoms with Gasteiger partial charge in [0.15, 0.2) is 0 Å². The van der Waals surface area contributed by atoms with E-state index in [1.807, 2.05) is 36.9 Å². The van der Waals surface area contributed by atoms with Gasteiger partial charge in [0.1, 0.15) is 0 Å². The highest BCUT2D eigenvalue weighted by Gasteiger charge is 1.86. The van der Waals surface area contributed by atoms with Crippen LogP contribution in [0, 0.1) is 11.8 Å². The van der Waals surface area contributed by atoms with E-state index in [1.54, 1.807) is 0 Å². The molecule has 9 heavy (non-hydrogen) atoms. The molecule has 0 saturated carbocycles. The van der Waals surface area contributed by atoms with Crippen molar-refractivity contribution in [3.05, 3.63) is 24.0 Å². The average molecular weight is 119 g/mol. The van der Waals surface area contributed by atoms with Crippen molar-refractivity contribution >= 4 is 0 Å². The van der Waals surface area contributed by atoms with E-state index in [4.69, 9.17) is 0 Å². The van der Waals surface area contributed by atoms with Gasteiger partial charge < -0.3 is 4.57 Å². The third-order valence-corrected chi connectivity index (χ3v) is 1.20. The van der Waals surface area contributed by atoms with Gasteiger partial charge in [-0.1, -0.05) is 5.92 Å². The molecular formula is C8H9N. The van der Waals surface area contributed by atoms with E-state index in [9.17, 15) is 0 Å². The Hall–Kier alpha value is -1.16. The van der Waals surface area contributed by atoms with Gasteiger partial charge >= 0.3 is 0 Å². The van der Waals surface area contributed by atoms with E-state index in [2.05, 4.69) is 11.8 Å². The van der Waals surface area contributed by atoms with E-state index in [-0.39, 0.29) is 0 Å². The van der Waals surface area contributed by atoms with E-state index in [1.165, 1.54) is 0 Å². The Morgan fingerprint density at radius 2 is 2.33 bits per heavy atom. The molecular weight excluding hydrogens is 110 g/mol. The molecule has 1 aromatic rings. The van der Waals surface area contributed by atoms with E-state index < -0.39 is 0 Å². The molecule has 0 atom stereocenters. The largest absolute Gasteiger partial charge is 0.344 e. The molecule has 1 aromatic heterocycles. The van der Waals surface area contributed by atoms with Gasteiger partial charge in [-0.15, -0.1) is 0 Å². The molecule has 0 amide bonds. The molecule has 0 aliphatic heterocycles. The summed E-state index contributed by atoms with van der Waals surface area (Å²) in [5.74, 6) is 5.81. The minimum atomic E-state index is 1.07. The Bertz CT molecular complexity index is 247. The summed E-state index contributed by atoms with van der Waals surface area (Å²) in [6.07, 6.45) is 1.99. The summed E-state index contributed by atoms with van der Waals surface area (Å²) in [5.41, 5.74) is 1.07. The molecule has 0 aliphatic rings. The lowest BCUT2D eigenvalue weighted by atomic mass is 10.4. The van der Waals surface area contributed by atoms with Crippen LogP contribution >= 0.6 is 0 Å². The summed E-state index contributed by atoms with van der Waals surface area (Å²) in [7, 11) is 1.99. The molecule has 0 N–H and O–H groups in total. The van der Waals surface area contributed by atoms with Crippen molar-refractivity contribution < 1.29 is 0 Å². The predicted molar refractivity (Wildman–Crippen MR) is 38.0 cm³/mol. The smallest absolute Gasteiger partial charge is 0.0916 e. The Morgan fingerprint density at radius 3 is 2.78 bits per heavy atom. The van der Waals surface area contributed by atoms with E-state index >= 15 is 0 Å². The van der Waals surface area contributed by atoms with Crippen molar-refractivity contribution in [1.82, 2.24) is 4.57 Å². The van der Waals surface area contributed by atoms with Gasteiger partial charge in [0.2, 0.25) is 0 Å². The first-order valence-corrected chi connectivity index (χ1v) is 2.88. The van der Waals surface area contributed by atoms with Crippen molar-refractivity contribution in [1.29, 1.82) is 0 Å². The highest BCUT2D eigenvalue weighted by molar-refractivity contribution is 5.27. The molecule has 0 radical (unpaired) electrons. The van der Waals surface area contributed by atoms with Gasteiger partial charge in [0, 0.05) is 13.2 Å². The van der Waals surface area contributed by atoms with Crippen LogP contribution in [-0.4, -0.2) is 4.57 Å². The SMILES string of the molecule is CC#Cc1cccn1C. The highest BCUT2D eigenvalue weighted by Crippen LogP contribution is 1.95. The molecule has 1 heteroatoms. The molecule has 0 saturated heterocycles. The fourth-order valence-electron chi connectivity index (χ4n) is 0.719. The molecule has 1 nitrogen and oxygen atoms in total. The van der Waals surface area contributed by atoms with E-state index in [0.29, 0.717) is 0 Å². The minimum absolute atomic E-state index is 1.07. The van der Waals surface area contributed by atoms with Crippen molar-refractivity contribution in [3.8, 4) is 11.8 Å². The summed E-state index contributed by atoms with van der Waals surface area (Å²) in [6.45, 7) is 1.84. The van der Waals surface area contributed by atoms with Gasteiger partial charge in [-0.3, -0.25) is 0 Å². The van der Waals surface area contributed by atoms with E-state index in [0.717, 1.165) is 5.69 Å². The Labute approximate surface area is 55.3 Å². The maximum Gasteiger partial charge on any atom is 0.0916 e. The summed E-state index contributed by atoms with van der Waals surface area (Å²) in [5, 5.41) is 0. The van der Waals surface area contributed by atoms with Crippen LogP contribution in [0.2, 0.25) is 0 Å². The molecule has 0 aliphatic carbocycles. The third kappa shape index (κ3) is 1.14. The zero-order valence-corrected chi connectivity index (χ0v) is 5.68. The van der Waals surface area contributed by atoms with Crippen LogP contribution in [0.25, 0.3) is 0 Å². The van der Waals surface area contributed by atoms with Crippen LogP contribution in [0.4, 0.5) is 0 Å². The zero-order valence-electron chi connectivity index (χ0n) is 5.68. The minimum Gasteiger partial charge on any atom is -0.344 e. The topological polar surface area (TPSA) is 4.93 Å². The van der Waals surface area contributed by atoms with Gasteiger partial charge in [-0.05, 0) is 25.0 Å². The first kappa shape index (κ1) is 5.97. The molecule has 0 fully saturated rings. The zero-order chi connectivity index (χ0) is 6.69. The summed E-state index contributed by atoms with van der Waals surface area (Å²) >= 11 is 0. The highest BCUT2D eigenvalue weighted by atomic mass is 14.9. The van der Waals surface area contributed by atoms with Crippen LogP contribution in [0.15, 0.2) is 18.3 Å². The molecule has 1 heterocycles. The second-order valence-electron chi connectivity index (χ2n) is 1.88. The first-order chi connectivity index (χ1) is 4.34. The standard InChI is InChI=1S/C8H9N/c1-3-5-8-6-4-7-9(8)2/h4,6-7H,1-2H3. The monoisotopic (exact) mass is 119 g/mol. The number of rotatable bonds is 0. The van der Waals surface area contributed by atoms with Crippen molar-refractivity contribution in [3.63, 3.8) is 0 Å². The van der Waals surface area contributed by atoms with Crippen LogP contribution in [0.3, 0.4) is 0 Å². The van der Waals surface area contributed by atoms with Crippen LogP contribution in [0.5, 0.6) is 0 Å². The number of hydrogen-bond donors (Lipinski definition) is 0. The maximum absolute atomic E-state index is 2.97. The first-order valence-electron chi connectivity index (χ1n) is 2.88. The second kappa shape index (κ2) is 2.41. The Balaban J connectivity index is 3.03. The van der Waals surface area contributed by atoms with Crippen molar-refractivity contribution in [2.45, 2.75) is 6.92 Å². The predicted octanol–water partition coefficient (Wildman–Crippen LogP) is 1.40. The lowest BCUT2D eigenvalue weighted by molar-refractivity contribution is 0.911. The third-order valence-electron chi connectivity index (χ3n) is 1.20. The summed E-state index contributed by atoms with van der Waals surface area (Å²) < 4.78 is 2.00. The molecule has 0 spiro atoms. The van der Waals surface area contributed by atoms with Gasteiger partial charge in [0.05, 0.1) is 5.69 Å². The Kier molecular flexibility index (Phi) is 1.60. The Morgan fingerprint density at radius 1 is 1.56 bits per heavy atom. The molecule has 0 unspecified atom stereocenters. The normalized spacial score (nSPS) is 8.22. The summed E-state index contributed by atoms with van der Waals surface area (Å²) in [4.78, 5) is 0. The van der Waals surface area contributed by atoms with Crippen LogP contribution in [-0.2, 0) is 7.05 Å². The fraction of sp³-hybridized carbons (Fsp3) is 0.250. The van der Waals surface area contributed by atoms with Gasteiger partial charge in [-0.25, -0.2) is 0 Å². The van der Waals surface area contributed by atoms with Crippen LogP contribution < -0.4 is 0 Å². The maximum atomic E-state index is 2.97. The lowest BCUT2D eigenvalue weighted by Crippen LogP contribution is -1.87. The van der Waals surface area contributed by atoms with Gasteiger partial charge in [-0.2, -0.15) is 0 Å². The number of aryl methyl sites for hydroxylation is 1. The van der Waals surface area contributed by atoms with Gasteiger partial charge in [0.25, 0.3) is 0 Å².